The number of carbonyl (C=O) groups excluding carboxylic acids is 1. The van der Waals surface area contributed by atoms with Gasteiger partial charge in [0.25, 0.3) is 5.91 Å². The Kier molecular flexibility index (Phi) is 4.91. The lowest BCUT2D eigenvalue weighted by Crippen LogP contribution is -2.26. The Balaban J connectivity index is 1.56. The first kappa shape index (κ1) is 19.6. The number of ether oxygens (including phenoxy) is 1. The van der Waals surface area contributed by atoms with Gasteiger partial charge in [-0.3, -0.25) is 4.79 Å². The lowest BCUT2D eigenvalue weighted by Gasteiger charge is -2.18. The van der Waals surface area contributed by atoms with E-state index in [1.807, 2.05) is 36.4 Å². The molecule has 5 rings (SSSR count). The molecule has 3 heterocycles. The molecule has 0 fully saturated rings. The first-order valence-corrected chi connectivity index (χ1v) is 9.96. The number of hydrogen-bond donors (Lipinski definition) is 0. The molecule has 0 saturated carbocycles. The standard InChI is InChI=1S/C25H19N3O4/c1-28(17-8-10-18(30-2)11-9-17)25(29)16-7-12-19-20(15-16)27-24(22-6-4-14-32-22)23(26-19)21-5-3-13-31-21/h3-15H,1-2H3. The Labute approximate surface area is 183 Å². The summed E-state index contributed by atoms with van der Waals surface area (Å²) in [5.41, 5.74) is 3.61. The molecular weight excluding hydrogens is 406 g/mol. The van der Waals surface area contributed by atoms with Crippen LogP contribution in [0.15, 0.2) is 88.1 Å². The second kappa shape index (κ2) is 8.03. The lowest BCUT2D eigenvalue weighted by atomic mass is 10.1. The van der Waals surface area contributed by atoms with Crippen molar-refractivity contribution in [2.75, 3.05) is 19.1 Å². The maximum absolute atomic E-state index is 13.1. The third-order valence-corrected chi connectivity index (χ3v) is 5.18. The summed E-state index contributed by atoms with van der Waals surface area (Å²) in [5, 5.41) is 0. The van der Waals surface area contributed by atoms with Crippen molar-refractivity contribution >= 4 is 22.6 Å². The number of amides is 1. The molecule has 0 aliphatic heterocycles. The zero-order chi connectivity index (χ0) is 22.1. The van der Waals surface area contributed by atoms with E-state index in [4.69, 9.17) is 23.5 Å². The van der Waals surface area contributed by atoms with Gasteiger partial charge < -0.3 is 18.5 Å². The molecule has 7 heteroatoms. The van der Waals surface area contributed by atoms with E-state index in [2.05, 4.69) is 0 Å². The number of methoxy groups -OCH3 is 1. The van der Waals surface area contributed by atoms with E-state index < -0.39 is 0 Å². The summed E-state index contributed by atoms with van der Waals surface area (Å²) in [5.74, 6) is 1.73. The fourth-order valence-corrected chi connectivity index (χ4v) is 3.47. The predicted molar refractivity (Wildman–Crippen MR) is 121 cm³/mol. The highest BCUT2D eigenvalue weighted by atomic mass is 16.5. The van der Waals surface area contributed by atoms with Gasteiger partial charge in [0.1, 0.15) is 17.1 Å². The van der Waals surface area contributed by atoms with Gasteiger partial charge in [-0.05, 0) is 66.7 Å². The Morgan fingerprint density at radius 3 is 2.03 bits per heavy atom. The number of benzene rings is 2. The lowest BCUT2D eigenvalue weighted by molar-refractivity contribution is 0.0993. The maximum atomic E-state index is 13.1. The summed E-state index contributed by atoms with van der Waals surface area (Å²) in [6.45, 7) is 0. The van der Waals surface area contributed by atoms with Crippen molar-refractivity contribution in [2.45, 2.75) is 0 Å². The summed E-state index contributed by atoms with van der Waals surface area (Å²) in [4.78, 5) is 24.2. The Bertz CT molecular complexity index is 1380. The third-order valence-electron chi connectivity index (χ3n) is 5.18. The molecule has 32 heavy (non-hydrogen) atoms. The molecule has 0 aliphatic rings. The summed E-state index contributed by atoms with van der Waals surface area (Å²) < 4.78 is 16.3. The Morgan fingerprint density at radius 1 is 0.844 bits per heavy atom. The van der Waals surface area contributed by atoms with E-state index in [1.54, 1.807) is 61.9 Å². The van der Waals surface area contributed by atoms with Gasteiger partial charge in [-0.15, -0.1) is 0 Å². The molecule has 7 nitrogen and oxygen atoms in total. The molecule has 0 bridgehead atoms. The minimum atomic E-state index is -0.159. The van der Waals surface area contributed by atoms with Crippen molar-refractivity contribution in [3.05, 3.63) is 84.8 Å². The van der Waals surface area contributed by atoms with E-state index in [1.165, 1.54) is 0 Å². The van der Waals surface area contributed by atoms with Gasteiger partial charge >= 0.3 is 0 Å². The van der Waals surface area contributed by atoms with Gasteiger partial charge in [0.2, 0.25) is 0 Å². The van der Waals surface area contributed by atoms with Crippen LogP contribution in [0.3, 0.4) is 0 Å². The van der Waals surface area contributed by atoms with Crippen LogP contribution < -0.4 is 9.64 Å². The highest BCUT2D eigenvalue weighted by Gasteiger charge is 2.19. The molecule has 0 atom stereocenters. The maximum Gasteiger partial charge on any atom is 0.258 e. The van der Waals surface area contributed by atoms with Crippen LogP contribution >= 0.6 is 0 Å². The molecule has 5 aromatic rings. The van der Waals surface area contributed by atoms with E-state index in [0.717, 1.165) is 11.4 Å². The number of carbonyl (C=O) groups is 1. The van der Waals surface area contributed by atoms with Gasteiger partial charge in [-0.1, -0.05) is 0 Å². The smallest absolute Gasteiger partial charge is 0.258 e. The Hall–Kier alpha value is -4.39. The monoisotopic (exact) mass is 425 g/mol. The van der Waals surface area contributed by atoms with Crippen molar-refractivity contribution in [1.82, 2.24) is 9.97 Å². The van der Waals surface area contributed by atoms with Crippen molar-refractivity contribution in [2.24, 2.45) is 0 Å². The van der Waals surface area contributed by atoms with Gasteiger partial charge in [-0.2, -0.15) is 0 Å². The zero-order valence-electron chi connectivity index (χ0n) is 17.5. The normalized spacial score (nSPS) is 10.9. The minimum Gasteiger partial charge on any atom is -0.497 e. The third kappa shape index (κ3) is 3.50. The molecule has 2 aromatic carbocycles. The topological polar surface area (TPSA) is 81.6 Å². The summed E-state index contributed by atoms with van der Waals surface area (Å²) >= 11 is 0. The van der Waals surface area contributed by atoms with Gasteiger partial charge in [0, 0.05) is 18.3 Å². The fourth-order valence-electron chi connectivity index (χ4n) is 3.47. The Morgan fingerprint density at radius 2 is 1.47 bits per heavy atom. The van der Waals surface area contributed by atoms with E-state index >= 15 is 0 Å². The molecule has 0 radical (unpaired) electrons. The summed E-state index contributed by atoms with van der Waals surface area (Å²) in [6.07, 6.45) is 3.17. The van der Waals surface area contributed by atoms with Crippen LogP contribution in [-0.2, 0) is 0 Å². The molecule has 0 spiro atoms. The van der Waals surface area contributed by atoms with Crippen LogP contribution in [0, 0.1) is 0 Å². The molecule has 0 aliphatic carbocycles. The minimum absolute atomic E-state index is 0.159. The number of rotatable bonds is 5. The average molecular weight is 425 g/mol. The quantitative estimate of drug-likeness (QED) is 0.373. The van der Waals surface area contributed by atoms with Crippen LogP contribution in [0.2, 0.25) is 0 Å². The van der Waals surface area contributed by atoms with Crippen molar-refractivity contribution in [3.63, 3.8) is 0 Å². The number of aromatic nitrogens is 2. The number of fused-ring (bicyclic) bond motifs is 1. The first-order valence-electron chi connectivity index (χ1n) is 9.96. The average Bonchev–Trinajstić information content (AvgIpc) is 3.57. The van der Waals surface area contributed by atoms with Crippen LogP contribution in [0.25, 0.3) is 33.9 Å². The first-order chi connectivity index (χ1) is 15.6. The van der Waals surface area contributed by atoms with E-state index in [9.17, 15) is 4.79 Å². The number of hydrogen-bond acceptors (Lipinski definition) is 6. The molecule has 1 amide bonds. The molecular formula is C25H19N3O4. The number of anilines is 1. The highest BCUT2D eigenvalue weighted by molar-refractivity contribution is 6.07. The molecule has 3 aromatic heterocycles. The van der Waals surface area contributed by atoms with E-state index in [-0.39, 0.29) is 5.91 Å². The molecule has 0 N–H and O–H groups in total. The van der Waals surface area contributed by atoms with Crippen LogP contribution in [0.4, 0.5) is 5.69 Å². The predicted octanol–water partition coefficient (Wildman–Crippen LogP) is 5.44. The highest BCUT2D eigenvalue weighted by Crippen LogP contribution is 2.32. The number of furan rings is 2. The van der Waals surface area contributed by atoms with Crippen LogP contribution in [0.1, 0.15) is 10.4 Å². The van der Waals surface area contributed by atoms with Crippen molar-refractivity contribution in [3.8, 4) is 28.7 Å². The van der Waals surface area contributed by atoms with Crippen molar-refractivity contribution in [1.29, 1.82) is 0 Å². The molecule has 158 valence electrons. The number of nitrogens with zero attached hydrogens (tertiary/aromatic N) is 3. The van der Waals surface area contributed by atoms with Gasteiger partial charge in [0.15, 0.2) is 11.5 Å². The van der Waals surface area contributed by atoms with Gasteiger partial charge in [-0.25, -0.2) is 9.97 Å². The molecule has 0 saturated heterocycles. The fraction of sp³-hybridized carbons (Fsp3) is 0.0800. The summed E-state index contributed by atoms with van der Waals surface area (Å²) in [6, 6.07) is 19.8. The van der Waals surface area contributed by atoms with Gasteiger partial charge in [0.05, 0.1) is 30.7 Å². The van der Waals surface area contributed by atoms with Crippen LogP contribution in [0.5, 0.6) is 5.75 Å². The largest absolute Gasteiger partial charge is 0.497 e. The SMILES string of the molecule is COc1ccc(N(C)C(=O)c2ccc3nc(-c4ccco4)c(-c4ccco4)nc3c2)cc1. The zero-order valence-corrected chi connectivity index (χ0v) is 17.5. The summed E-state index contributed by atoms with van der Waals surface area (Å²) in [7, 11) is 3.34. The van der Waals surface area contributed by atoms with Crippen molar-refractivity contribution < 1.29 is 18.4 Å². The second-order valence-electron chi connectivity index (χ2n) is 7.14. The van der Waals surface area contributed by atoms with E-state index in [0.29, 0.717) is 39.5 Å². The van der Waals surface area contributed by atoms with Crippen LogP contribution in [-0.4, -0.2) is 30.0 Å². The molecule has 0 unspecified atom stereocenters. The second-order valence-corrected chi connectivity index (χ2v) is 7.14.